The Morgan fingerprint density at radius 1 is 0.212 bits per heavy atom. The molecule has 15 rings (SSSR count). The van der Waals surface area contributed by atoms with E-state index in [1.54, 1.807) is 0 Å². The van der Waals surface area contributed by atoms with Gasteiger partial charge in [-0.05, 0) is 79.9 Å². The molecular formula is C75H49N5. The zero-order valence-corrected chi connectivity index (χ0v) is 43.5. The van der Waals surface area contributed by atoms with Crippen LogP contribution < -0.4 is 0 Å². The maximum Gasteiger partial charge on any atom is 0.238 e. The second kappa shape index (κ2) is 19.7. The first-order valence-corrected chi connectivity index (χ1v) is 27.2. The largest absolute Gasteiger partial charge is 0.307 e. The van der Waals surface area contributed by atoms with Crippen LogP contribution in [0.4, 0.5) is 0 Å². The molecular weight excluding hydrogens is 971 g/mol. The maximum absolute atomic E-state index is 5.58. The monoisotopic (exact) mass is 1020 g/mol. The van der Waals surface area contributed by atoms with Gasteiger partial charge in [0.25, 0.3) is 0 Å². The zero-order chi connectivity index (χ0) is 52.9. The van der Waals surface area contributed by atoms with Crippen molar-refractivity contribution >= 4 is 43.6 Å². The average Bonchev–Trinajstić information content (AvgIpc) is 3.84. The molecule has 5 heteroatoms. The number of para-hydroxylation sites is 2. The molecule has 80 heavy (non-hydrogen) atoms. The fourth-order valence-electron chi connectivity index (χ4n) is 11.8. The molecule has 0 amide bonds. The molecule has 0 unspecified atom stereocenters. The van der Waals surface area contributed by atoms with Gasteiger partial charge in [0.15, 0.2) is 11.6 Å². The van der Waals surface area contributed by atoms with E-state index in [9.17, 15) is 0 Å². The lowest BCUT2D eigenvalue weighted by Gasteiger charge is -2.19. The van der Waals surface area contributed by atoms with Crippen LogP contribution in [-0.2, 0) is 0 Å². The second-order valence-corrected chi connectivity index (χ2v) is 20.3. The third kappa shape index (κ3) is 8.07. The van der Waals surface area contributed by atoms with Gasteiger partial charge in [0, 0.05) is 49.5 Å². The topological polar surface area (TPSA) is 48.5 Å². The van der Waals surface area contributed by atoms with Crippen LogP contribution in [0.2, 0.25) is 0 Å². The SMILES string of the molecule is c1ccc(-c2ccc(-c3nc(-c4ccccc4)nc(-n4c5ccccc5c5c(-c6ccc(-c7ccccc7)cc6)c(-c6ccc(-c7ccccc7)cc6)c6c7ccccc7n(-c7ccc(-c8ccccc8)cc7)c6c54)n3)cc2)cc1. The summed E-state index contributed by atoms with van der Waals surface area (Å²) in [6.45, 7) is 0. The van der Waals surface area contributed by atoms with Crippen molar-refractivity contribution in [1.82, 2.24) is 24.1 Å². The summed E-state index contributed by atoms with van der Waals surface area (Å²) in [5.74, 6) is 1.69. The van der Waals surface area contributed by atoms with Crippen molar-refractivity contribution in [2.75, 3.05) is 0 Å². The molecule has 0 saturated carbocycles. The zero-order valence-electron chi connectivity index (χ0n) is 43.5. The van der Waals surface area contributed by atoms with Gasteiger partial charge in [-0.25, -0.2) is 4.98 Å². The van der Waals surface area contributed by atoms with Gasteiger partial charge in [-0.2, -0.15) is 9.97 Å². The van der Waals surface area contributed by atoms with E-state index in [1.165, 1.54) is 16.7 Å². The molecule has 0 aliphatic heterocycles. The van der Waals surface area contributed by atoms with E-state index >= 15 is 0 Å². The summed E-state index contributed by atoms with van der Waals surface area (Å²) < 4.78 is 4.80. The molecule has 0 bridgehead atoms. The van der Waals surface area contributed by atoms with Gasteiger partial charge < -0.3 is 4.57 Å². The van der Waals surface area contributed by atoms with Crippen LogP contribution in [0.1, 0.15) is 0 Å². The van der Waals surface area contributed by atoms with E-state index in [2.05, 4.69) is 282 Å². The smallest absolute Gasteiger partial charge is 0.238 e. The number of nitrogens with zero attached hydrogens (tertiary/aromatic N) is 5. The van der Waals surface area contributed by atoms with Crippen molar-refractivity contribution in [3.8, 4) is 101 Å². The molecule has 0 aliphatic rings. The van der Waals surface area contributed by atoms with Crippen LogP contribution >= 0.6 is 0 Å². The summed E-state index contributed by atoms with van der Waals surface area (Å²) in [6.07, 6.45) is 0. The van der Waals surface area contributed by atoms with Crippen molar-refractivity contribution in [2.45, 2.75) is 0 Å². The average molecular weight is 1020 g/mol. The lowest BCUT2D eigenvalue weighted by atomic mass is 9.86. The molecule has 0 N–H and O–H groups in total. The molecule has 0 fully saturated rings. The number of rotatable bonds is 10. The molecule has 0 spiro atoms. The summed E-state index contributed by atoms with van der Waals surface area (Å²) in [6, 6.07) is 106. The summed E-state index contributed by atoms with van der Waals surface area (Å²) >= 11 is 0. The second-order valence-electron chi connectivity index (χ2n) is 20.3. The number of benzene rings is 12. The van der Waals surface area contributed by atoms with Crippen LogP contribution in [0.3, 0.4) is 0 Å². The highest BCUT2D eigenvalue weighted by molar-refractivity contribution is 6.33. The Hall–Kier alpha value is -10.8. The van der Waals surface area contributed by atoms with Crippen LogP contribution in [0, 0.1) is 0 Å². The van der Waals surface area contributed by atoms with Crippen molar-refractivity contribution in [2.24, 2.45) is 0 Å². The van der Waals surface area contributed by atoms with Gasteiger partial charge >= 0.3 is 0 Å². The number of hydrogen-bond donors (Lipinski definition) is 0. The van der Waals surface area contributed by atoms with Crippen molar-refractivity contribution < 1.29 is 0 Å². The highest BCUT2D eigenvalue weighted by Crippen LogP contribution is 2.52. The first kappa shape index (κ1) is 46.5. The molecule has 0 saturated heterocycles. The summed E-state index contributed by atoms with van der Waals surface area (Å²) in [7, 11) is 0. The van der Waals surface area contributed by atoms with Crippen molar-refractivity contribution in [3.63, 3.8) is 0 Å². The minimum absolute atomic E-state index is 0.523. The Morgan fingerprint density at radius 2 is 0.487 bits per heavy atom. The molecule has 0 aliphatic carbocycles. The van der Waals surface area contributed by atoms with Gasteiger partial charge in [0.1, 0.15) is 0 Å². The van der Waals surface area contributed by atoms with Gasteiger partial charge in [-0.1, -0.05) is 273 Å². The quantitative estimate of drug-likeness (QED) is 0.137. The Bertz CT molecular complexity index is 4730. The Balaban J connectivity index is 1.10. The standard InChI is InChI=1S/C75H49N5/c1-6-20-50(21-7-1)54-34-40-58(41-35-54)67-68(59-42-36-55(37-43-59)51-22-8-2-9-23-51)70-64-31-17-19-33-66(64)80(72(70)71-69(67)63-30-16-18-32-65(63)79(71)62-48-46-57(47-49-62)53-26-12-4-13-27-53)75-77-73(60-28-14-5-15-29-60)76-74(78-75)61-44-38-56(39-45-61)52-24-10-3-11-25-52/h1-49H. The Labute approximate surface area is 463 Å². The van der Waals surface area contributed by atoms with Gasteiger partial charge in [-0.3, -0.25) is 4.57 Å². The molecule has 3 heterocycles. The van der Waals surface area contributed by atoms with E-state index in [0.29, 0.717) is 17.6 Å². The summed E-state index contributed by atoms with van der Waals surface area (Å²) in [5.41, 5.74) is 20.7. The van der Waals surface area contributed by atoms with Crippen LogP contribution in [-0.4, -0.2) is 24.1 Å². The Morgan fingerprint density at radius 3 is 0.887 bits per heavy atom. The first-order chi connectivity index (χ1) is 39.7. The Kier molecular flexibility index (Phi) is 11.4. The highest BCUT2D eigenvalue weighted by atomic mass is 15.2. The number of hydrogen-bond acceptors (Lipinski definition) is 3. The van der Waals surface area contributed by atoms with Crippen molar-refractivity contribution in [3.05, 3.63) is 297 Å². The highest BCUT2D eigenvalue weighted by Gasteiger charge is 2.30. The minimum Gasteiger partial charge on any atom is -0.307 e. The lowest BCUT2D eigenvalue weighted by Crippen LogP contribution is -2.07. The molecule has 5 nitrogen and oxygen atoms in total. The predicted molar refractivity (Wildman–Crippen MR) is 332 cm³/mol. The summed E-state index contributed by atoms with van der Waals surface area (Å²) in [4.78, 5) is 16.4. The van der Waals surface area contributed by atoms with E-state index in [-0.39, 0.29) is 0 Å². The molecule has 0 radical (unpaired) electrons. The molecule has 374 valence electrons. The summed E-state index contributed by atoms with van der Waals surface area (Å²) in [5, 5.41) is 4.45. The number of fused-ring (bicyclic) bond motifs is 7. The van der Waals surface area contributed by atoms with E-state index in [0.717, 1.165) is 110 Å². The normalized spacial score (nSPS) is 11.5. The fourth-order valence-corrected chi connectivity index (χ4v) is 11.8. The molecule has 15 aromatic rings. The van der Waals surface area contributed by atoms with Gasteiger partial charge in [0.05, 0.1) is 22.1 Å². The third-order valence-electron chi connectivity index (χ3n) is 15.6. The third-order valence-corrected chi connectivity index (χ3v) is 15.6. The first-order valence-electron chi connectivity index (χ1n) is 27.2. The van der Waals surface area contributed by atoms with E-state index < -0.39 is 0 Å². The van der Waals surface area contributed by atoms with Gasteiger partial charge in [0.2, 0.25) is 5.95 Å². The molecule has 0 atom stereocenters. The van der Waals surface area contributed by atoms with E-state index in [1.807, 2.05) is 24.3 Å². The maximum atomic E-state index is 5.58. The van der Waals surface area contributed by atoms with Crippen LogP contribution in [0.25, 0.3) is 145 Å². The fraction of sp³-hybridized carbons (Fsp3) is 0. The van der Waals surface area contributed by atoms with Gasteiger partial charge in [-0.15, -0.1) is 0 Å². The van der Waals surface area contributed by atoms with E-state index in [4.69, 9.17) is 15.0 Å². The van der Waals surface area contributed by atoms with Crippen LogP contribution in [0.15, 0.2) is 297 Å². The van der Waals surface area contributed by atoms with Crippen LogP contribution in [0.5, 0.6) is 0 Å². The predicted octanol–water partition coefficient (Wildman–Crippen LogP) is 19.4. The number of aromatic nitrogens is 5. The lowest BCUT2D eigenvalue weighted by molar-refractivity contribution is 0.953. The minimum atomic E-state index is 0.523. The van der Waals surface area contributed by atoms with Crippen molar-refractivity contribution in [1.29, 1.82) is 0 Å². The molecule has 3 aromatic heterocycles. The molecule has 12 aromatic carbocycles.